The minimum absolute atomic E-state index is 0.0793. The molecule has 0 amide bonds. The first-order valence-electron chi connectivity index (χ1n) is 3.93. The average molecular weight is 183 g/mol. The highest BCUT2D eigenvalue weighted by atomic mass is 16.5. The van der Waals surface area contributed by atoms with E-state index in [1.54, 1.807) is 0 Å². The summed E-state index contributed by atoms with van der Waals surface area (Å²) in [6.07, 6.45) is 0. The Morgan fingerprint density at radius 1 is 1.62 bits per heavy atom. The highest BCUT2D eigenvalue weighted by molar-refractivity contribution is 5.83. The number of nitrogens with zero attached hydrogens (tertiary/aromatic N) is 2. The first kappa shape index (κ1) is 8.18. The van der Waals surface area contributed by atoms with Gasteiger partial charge in [0.1, 0.15) is 0 Å². The topological polar surface area (TPSA) is 77.2 Å². The summed E-state index contributed by atoms with van der Waals surface area (Å²) in [6.45, 7) is 1.64. The van der Waals surface area contributed by atoms with E-state index >= 15 is 0 Å². The van der Waals surface area contributed by atoms with Crippen molar-refractivity contribution >= 4 is 5.97 Å². The van der Waals surface area contributed by atoms with Crippen molar-refractivity contribution in [2.24, 2.45) is 0 Å². The van der Waals surface area contributed by atoms with E-state index < -0.39 is 5.97 Å². The highest BCUT2D eigenvalue weighted by Gasteiger charge is 2.26. The van der Waals surface area contributed by atoms with Crippen molar-refractivity contribution in [3.05, 3.63) is 11.8 Å². The monoisotopic (exact) mass is 183 g/mol. The van der Waals surface area contributed by atoms with E-state index in [2.05, 4.69) is 20.3 Å². The van der Waals surface area contributed by atoms with Crippen molar-refractivity contribution in [1.82, 2.24) is 15.5 Å². The van der Waals surface area contributed by atoms with Gasteiger partial charge in [-0.05, 0) is 0 Å². The standard InChI is InChI=1S/C7H9N3O3/c1-12-7(11)6-10-9-5(13-6)4-2-8-3-4/h4,8H,2-3H2,1H3. The van der Waals surface area contributed by atoms with Crippen molar-refractivity contribution < 1.29 is 13.9 Å². The lowest BCUT2D eigenvalue weighted by atomic mass is 10.0. The molecule has 0 aliphatic carbocycles. The van der Waals surface area contributed by atoms with Crippen LogP contribution in [0.5, 0.6) is 0 Å². The largest absolute Gasteiger partial charge is 0.462 e. The van der Waals surface area contributed by atoms with E-state index in [1.807, 2.05) is 0 Å². The molecule has 1 aromatic heterocycles. The van der Waals surface area contributed by atoms with Crippen LogP contribution in [0.4, 0.5) is 0 Å². The molecule has 0 radical (unpaired) electrons. The SMILES string of the molecule is COC(=O)c1nnc(C2CNC2)o1. The number of rotatable bonds is 2. The first-order chi connectivity index (χ1) is 6.31. The van der Waals surface area contributed by atoms with Gasteiger partial charge in [0.2, 0.25) is 5.89 Å². The van der Waals surface area contributed by atoms with Gasteiger partial charge in [-0.15, -0.1) is 10.2 Å². The number of carbonyl (C=O) groups is 1. The van der Waals surface area contributed by atoms with Gasteiger partial charge in [-0.1, -0.05) is 0 Å². The number of hydrogen-bond acceptors (Lipinski definition) is 6. The van der Waals surface area contributed by atoms with Crippen molar-refractivity contribution in [2.75, 3.05) is 20.2 Å². The Hall–Kier alpha value is -1.43. The predicted octanol–water partition coefficient (Wildman–Crippen LogP) is -0.457. The highest BCUT2D eigenvalue weighted by Crippen LogP contribution is 2.17. The molecule has 6 heteroatoms. The van der Waals surface area contributed by atoms with Crippen LogP contribution in [-0.4, -0.2) is 36.4 Å². The molecular weight excluding hydrogens is 174 g/mol. The van der Waals surface area contributed by atoms with Crippen LogP contribution in [0.1, 0.15) is 22.5 Å². The maximum atomic E-state index is 10.9. The van der Waals surface area contributed by atoms with Crippen LogP contribution in [0.25, 0.3) is 0 Å². The minimum Gasteiger partial charge on any atom is -0.462 e. The Morgan fingerprint density at radius 2 is 2.38 bits per heavy atom. The molecule has 13 heavy (non-hydrogen) atoms. The number of methoxy groups -OCH3 is 1. The molecule has 0 bridgehead atoms. The third-order valence-corrected chi connectivity index (χ3v) is 1.93. The summed E-state index contributed by atoms with van der Waals surface area (Å²) in [5.41, 5.74) is 0. The van der Waals surface area contributed by atoms with Crippen LogP contribution in [0.15, 0.2) is 4.42 Å². The number of nitrogens with one attached hydrogen (secondary N) is 1. The molecule has 2 rings (SSSR count). The van der Waals surface area contributed by atoms with Gasteiger partial charge in [-0.2, -0.15) is 0 Å². The molecule has 0 aromatic carbocycles. The van der Waals surface area contributed by atoms with Crippen LogP contribution >= 0.6 is 0 Å². The molecule has 1 fully saturated rings. The van der Waals surface area contributed by atoms with Gasteiger partial charge in [0.05, 0.1) is 13.0 Å². The van der Waals surface area contributed by atoms with Gasteiger partial charge in [0, 0.05) is 13.1 Å². The average Bonchev–Trinajstić information content (AvgIpc) is 2.49. The maximum Gasteiger partial charge on any atom is 0.396 e. The fraction of sp³-hybridized carbons (Fsp3) is 0.571. The van der Waals surface area contributed by atoms with E-state index in [9.17, 15) is 4.79 Å². The third-order valence-electron chi connectivity index (χ3n) is 1.93. The summed E-state index contributed by atoms with van der Waals surface area (Å²) < 4.78 is 9.53. The summed E-state index contributed by atoms with van der Waals surface area (Å²) in [7, 11) is 1.27. The Kier molecular flexibility index (Phi) is 1.97. The number of ether oxygens (including phenoxy) is 1. The molecule has 0 atom stereocenters. The van der Waals surface area contributed by atoms with Crippen LogP contribution in [0, 0.1) is 0 Å². The van der Waals surface area contributed by atoms with E-state index in [0.29, 0.717) is 5.89 Å². The summed E-state index contributed by atoms with van der Waals surface area (Å²) in [5.74, 6) is 0.0699. The molecule has 0 spiro atoms. The maximum absolute atomic E-state index is 10.9. The predicted molar refractivity (Wildman–Crippen MR) is 41.2 cm³/mol. The van der Waals surface area contributed by atoms with E-state index in [4.69, 9.17) is 4.42 Å². The van der Waals surface area contributed by atoms with Gasteiger partial charge < -0.3 is 14.5 Å². The molecular formula is C7H9N3O3. The fourth-order valence-electron chi connectivity index (χ4n) is 1.03. The van der Waals surface area contributed by atoms with Gasteiger partial charge in [-0.25, -0.2) is 4.79 Å². The summed E-state index contributed by atoms with van der Waals surface area (Å²) in [5, 5.41) is 10.4. The van der Waals surface area contributed by atoms with Gasteiger partial charge >= 0.3 is 11.9 Å². The molecule has 2 heterocycles. The Bertz CT molecular complexity index is 319. The van der Waals surface area contributed by atoms with Crippen LogP contribution in [0.2, 0.25) is 0 Å². The normalized spacial score (nSPS) is 16.7. The lowest BCUT2D eigenvalue weighted by Gasteiger charge is -2.22. The number of hydrogen-bond donors (Lipinski definition) is 1. The lowest BCUT2D eigenvalue weighted by molar-refractivity contribution is 0.0552. The molecule has 0 unspecified atom stereocenters. The van der Waals surface area contributed by atoms with E-state index in [1.165, 1.54) is 7.11 Å². The van der Waals surface area contributed by atoms with Crippen molar-refractivity contribution in [2.45, 2.75) is 5.92 Å². The van der Waals surface area contributed by atoms with Gasteiger partial charge in [0.15, 0.2) is 0 Å². The molecule has 1 N–H and O–H groups in total. The molecule has 1 aromatic rings. The van der Waals surface area contributed by atoms with Crippen molar-refractivity contribution in [1.29, 1.82) is 0 Å². The third kappa shape index (κ3) is 1.40. The Balaban J connectivity index is 2.12. The van der Waals surface area contributed by atoms with Crippen molar-refractivity contribution in [3.63, 3.8) is 0 Å². The van der Waals surface area contributed by atoms with Crippen LogP contribution < -0.4 is 5.32 Å². The number of esters is 1. The summed E-state index contributed by atoms with van der Waals surface area (Å²) >= 11 is 0. The Morgan fingerprint density at radius 3 is 2.92 bits per heavy atom. The molecule has 1 aliphatic rings. The van der Waals surface area contributed by atoms with Crippen LogP contribution in [-0.2, 0) is 4.74 Å². The second-order valence-electron chi connectivity index (χ2n) is 2.79. The van der Waals surface area contributed by atoms with Gasteiger partial charge in [-0.3, -0.25) is 0 Å². The smallest absolute Gasteiger partial charge is 0.396 e. The molecule has 1 aliphatic heterocycles. The fourth-order valence-corrected chi connectivity index (χ4v) is 1.03. The second kappa shape index (κ2) is 3.14. The lowest BCUT2D eigenvalue weighted by Crippen LogP contribution is -2.40. The number of carbonyl (C=O) groups excluding carboxylic acids is 1. The van der Waals surface area contributed by atoms with Gasteiger partial charge in [0.25, 0.3) is 0 Å². The minimum atomic E-state index is -0.592. The zero-order valence-electron chi connectivity index (χ0n) is 7.11. The van der Waals surface area contributed by atoms with Crippen LogP contribution in [0.3, 0.4) is 0 Å². The zero-order valence-corrected chi connectivity index (χ0v) is 7.11. The van der Waals surface area contributed by atoms with E-state index in [0.717, 1.165) is 13.1 Å². The zero-order chi connectivity index (χ0) is 9.26. The number of aromatic nitrogens is 2. The first-order valence-corrected chi connectivity index (χ1v) is 3.93. The molecule has 1 saturated heterocycles. The molecule has 0 saturated carbocycles. The quantitative estimate of drug-likeness (QED) is 0.625. The second-order valence-corrected chi connectivity index (χ2v) is 2.79. The molecule has 70 valence electrons. The summed E-state index contributed by atoms with van der Waals surface area (Å²) in [4.78, 5) is 10.9. The van der Waals surface area contributed by atoms with E-state index in [-0.39, 0.29) is 11.8 Å². The van der Waals surface area contributed by atoms with Crippen molar-refractivity contribution in [3.8, 4) is 0 Å². The molecule has 6 nitrogen and oxygen atoms in total. The Labute approximate surface area is 74.3 Å². The summed E-state index contributed by atoms with van der Waals surface area (Å²) in [6, 6.07) is 0.